The normalized spacial score (nSPS) is 12.4. The maximum atomic E-state index is 6.22. The molecule has 0 heterocycles. The second-order valence-electron chi connectivity index (χ2n) is 4.42. The zero-order valence-corrected chi connectivity index (χ0v) is 11.7. The number of benzene rings is 2. The Morgan fingerprint density at radius 1 is 1.06 bits per heavy atom. The van der Waals surface area contributed by atoms with E-state index in [0.717, 1.165) is 11.1 Å². The lowest BCUT2D eigenvalue weighted by Gasteiger charge is -2.15. The number of hydrogen-bond acceptors (Lipinski definition) is 1. The van der Waals surface area contributed by atoms with E-state index < -0.39 is 0 Å². The van der Waals surface area contributed by atoms with E-state index >= 15 is 0 Å². The van der Waals surface area contributed by atoms with Gasteiger partial charge in [-0.25, -0.2) is 0 Å². The predicted molar refractivity (Wildman–Crippen MR) is 78.3 cm³/mol. The topological polar surface area (TPSA) is 26.0 Å². The van der Waals surface area contributed by atoms with Gasteiger partial charge in [0.2, 0.25) is 0 Å². The Hall–Kier alpha value is -1.02. The van der Waals surface area contributed by atoms with E-state index in [0.29, 0.717) is 16.5 Å². The van der Waals surface area contributed by atoms with Gasteiger partial charge in [0.25, 0.3) is 0 Å². The molecule has 2 aromatic carbocycles. The monoisotopic (exact) mass is 279 g/mol. The van der Waals surface area contributed by atoms with Gasteiger partial charge in [0.05, 0.1) is 0 Å². The molecule has 2 aromatic rings. The van der Waals surface area contributed by atoms with Crippen LogP contribution in [0.15, 0.2) is 42.5 Å². The van der Waals surface area contributed by atoms with Crippen molar-refractivity contribution in [3.05, 3.63) is 69.2 Å². The van der Waals surface area contributed by atoms with Gasteiger partial charge in [-0.3, -0.25) is 0 Å². The summed E-state index contributed by atoms with van der Waals surface area (Å²) in [7, 11) is 0. The maximum Gasteiger partial charge on any atom is 0.0453 e. The highest BCUT2D eigenvalue weighted by atomic mass is 35.5. The summed E-state index contributed by atoms with van der Waals surface area (Å²) in [6.07, 6.45) is 0.641. The lowest BCUT2D eigenvalue weighted by Crippen LogP contribution is -2.14. The molecular weight excluding hydrogens is 265 g/mol. The van der Waals surface area contributed by atoms with E-state index in [1.54, 1.807) is 0 Å². The Bertz CT molecular complexity index is 532. The molecule has 2 rings (SSSR count). The first kappa shape index (κ1) is 13.4. The zero-order valence-electron chi connectivity index (χ0n) is 10.2. The highest BCUT2D eigenvalue weighted by Crippen LogP contribution is 2.28. The summed E-state index contributed by atoms with van der Waals surface area (Å²) >= 11 is 12.3. The van der Waals surface area contributed by atoms with Crippen LogP contribution in [0.3, 0.4) is 0 Å². The van der Waals surface area contributed by atoms with Crippen LogP contribution >= 0.6 is 23.2 Å². The lowest BCUT2D eigenvalue weighted by molar-refractivity contribution is 0.721. The molecule has 0 aliphatic carbocycles. The Kier molecular flexibility index (Phi) is 4.28. The number of nitrogens with two attached hydrogens (primary N) is 1. The summed E-state index contributed by atoms with van der Waals surface area (Å²) in [6, 6.07) is 13.6. The van der Waals surface area contributed by atoms with Crippen LogP contribution in [0.5, 0.6) is 0 Å². The van der Waals surface area contributed by atoms with Crippen molar-refractivity contribution in [3.63, 3.8) is 0 Å². The summed E-state index contributed by atoms with van der Waals surface area (Å²) in [4.78, 5) is 0. The van der Waals surface area contributed by atoms with E-state index in [-0.39, 0.29) is 6.04 Å². The molecule has 0 aromatic heterocycles. The van der Waals surface area contributed by atoms with Crippen molar-refractivity contribution in [2.45, 2.75) is 19.4 Å². The number of hydrogen-bond donors (Lipinski definition) is 1. The summed E-state index contributed by atoms with van der Waals surface area (Å²) in [5.41, 5.74) is 9.43. The SMILES string of the molecule is Cc1cccc(C(N)Cc2c(Cl)cccc2Cl)c1. The minimum atomic E-state index is -0.0951. The molecule has 1 nitrogen and oxygen atoms in total. The average Bonchev–Trinajstić information content (AvgIpc) is 2.34. The van der Waals surface area contributed by atoms with Crippen molar-refractivity contribution in [1.29, 1.82) is 0 Å². The van der Waals surface area contributed by atoms with E-state index in [1.165, 1.54) is 5.56 Å². The third kappa shape index (κ3) is 3.05. The molecule has 1 unspecified atom stereocenters. The Labute approximate surface area is 118 Å². The lowest BCUT2D eigenvalue weighted by atomic mass is 9.98. The van der Waals surface area contributed by atoms with Gasteiger partial charge in [-0.1, -0.05) is 59.1 Å². The highest BCUT2D eigenvalue weighted by Gasteiger charge is 2.12. The van der Waals surface area contributed by atoms with Crippen molar-refractivity contribution in [2.24, 2.45) is 5.73 Å². The smallest absolute Gasteiger partial charge is 0.0453 e. The van der Waals surface area contributed by atoms with Crippen molar-refractivity contribution >= 4 is 23.2 Å². The highest BCUT2D eigenvalue weighted by molar-refractivity contribution is 6.36. The third-order valence-electron chi connectivity index (χ3n) is 2.96. The maximum absolute atomic E-state index is 6.22. The predicted octanol–water partition coefficient (Wildman–Crippen LogP) is 4.54. The first-order chi connectivity index (χ1) is 8.58. The standard InChI is InChI=1S/C15H15Cl2N/c1-10-4-2-5-11(8-10)15(18)9-12-13(16)6-3-7-14(12)17/h2-8,15H,9,18H2,1H3. The molecule has 0 saturated carbocycles. The Morgan fingerprint density at radius 2 is 1.67 bits per heavy atom. The van der Waals surface area contributed by atoms with Gasteiger partial charge < -0.3 is 5.73 Å². The molecule has 0 bridgehead atoms. The fourth-order valence-electron chi connectivity index (χ4n) is 1.97. The molecule has 18 heavy (non-hydrogen) atoms. The summed E-state index contributed by atoms with van der Waals surface area (Å²) in [6.45, 7) is 2.05. The first-order valence-electron chi connectivity index (χ1n) is 5.83. The van der Waals surface area contributed by atoms with Gasteiger partial charge in [0, 0.05) is 16.1 Å². The molecule has 0 radical (unpaired) electrons. The van der Waals surface area contributed by atoms with Crippen LogP contribution in [-0.2, 0) is 6.42 Å². The molecule has 0 aliphatic heterocycles. The van der Waals surface area contributed by atoms with Crippen LogP contribution in [0, 0.1) is 6.92 Å². The van der Waals surface area contributed by atoms with Crippen LogP contribution in [-0.4, -0.2) is 0 Å². The molecule has 0 saturated heterocycles. The number of rotatable bonds is 3. The summed E-state index contributed by atoms with van der Waals surface area (Å²) in [5, 5.41) is 1.34. The molecular formula is C15H15Cl2N. The first-order valence-corrected chi connectivity index (χ1v) is 6.58. The number of aryl methyl sites for hydroxylation is 1. The van der Waals surface area contributed by atoms with Crippen molar-refractivity contribution in [3.8, 4) is 0 Å². The molecule has 0 spiro atoms. The minimum absolute atomic E-state index is 0.0951. The molecule has 1 atom stereocenters. The van der Waals surface area contributed by atoms with Gasteiger partial charge in [0.1, 0.15) is 0 Å². The van der Waals surface area contributed by atoms with Crippen LogP contribution in [0.4, 0.5) is 0 Å². The third-order valence-corrected chi connectivity index (χ3v) is 3.66. The molecule has 0 amide bonds. The van der Waals surface area contributed by atoms with Crippen molar-refractivity contribution in [2.75, 3.05) is 0 Å². The molecule has 0 aliphatic rings. The second kappa shape index (κ2) is 5.75. The molecule has 0 fully saturated rings. The van der Waals surface area contributed by atoms with Gasteiger partial charge in [-0.2, -0.15) is 0 Å². The van der Waals surface area contributed by atoms with E-state index in [4.69, 9.17) is 28.9 Å². The van der Waals surface area contributed by atoms with Gasteiger partial charge in [-0.05, 0) is 36.6 Å². The van der Waals surface area contributed by atoms with Gasteiger partial charge in [0.15, 0.2) is 0 Å². The molecule has 94 valence electrons. The number of halogens is 2. The zero-order chi connectivity index (χ0) is 13.1. The van der Waals surface area contributed by atoms with Crippen molar-refractivity contribution < 1.29 is 0 Å². The largest absolute Gasteiger partial charge is 0.324 e. The van der Waals surface area contributed by atoms with Crippen LogP contribution in [0.1, 0.15) is 22.7 Å². The summed E-state index contributed by atoms with van der Waals surface area (Å²) in [5.74, 6) is 0. The van der Waals surface area contributed by atoms with Crippen LogP contribution in [0.2, 0.25) is 10.0 Å². The average molecular weight is 280 g/mol. The fourth-order valence-corrected chi connectivity index (χ4v) is 2.52. The fraction of sp³-hybridized carbons (Fsp3) is 0.200. The van der Waals surface area contributed by atoms with Crippen molar-refractivity contribution in [1.82, 2.24) is 0 Å². The Morgan fingerprint density at radius 3 is 2.28 bits per heavy atom. The van der Waals surface area contributed by atoms with E-state index in [9.17, 15) is 0 Å². The minimum Gasteiger partial charge on any atom is -0.324 e. The second-order valence-corrected chi connectivity index (χ2v) is 5.24. The quantitative estimate of drug-likeness (QED) is 0.877. The van der Waals surface area contributed by atoms with Crippen LogP contribution in [0.25, 0.3) is 0 Å². The van der Waals surface area contributed by atoms with Gasteiger partial charge >= 0.3 is 0 Å². The van der Waals surface area contributed by atoms with Gasteiger partial charge in [-0.15, -0.1) is 0 Å². The summed E-state index contributed by atoms with van der Waals surface area (Å²) < 4.78 is 0. The molecule has 3 heteroatoms. The van der Waals surface area contributed by atoms with Crippen LogP contribution < -0.4 is 5.73 Å². The molecule has 2 N–H and O–H groups in total. The van der Waals surface area contributed by atoms with E-state index in [2.05, 4.69) is 19.1 Å². The Balaban J connectivity index is 2.24. The van der Waals surface area contributed by atoms with E-state index in [1.807, 2.05) is 30.3 Å².